The molecule has 5 rings (SSSR count). The Balaban J connectivity index is 1.32. The fourth-order valence-corrected chi connectivity index (χ4v) is 4.33. The summed E-state index contributed by atoms with van der Waals surface area (Å²) < 4.78 is 23.6. The zero-order valence-electron chi connectivity index (χ0n) is 18.3. The number of esters is 1. The van der Waals surface area contributed by atoms with Gasteiger partial charge in [0.15, 0.2) is 11.0 Å². The van der Waals surface area contributed by atoms with Gasteiger partial charge in [-0.15, -0.1) is 10.2 Å². The summed E-state index contributed by atoms with van der Waals surface area (Å²) in [5.74, 6) is -0.422. The molecule has 0 aliphatic heterocycles. The van der Waals surface area contributed by atoms with E-state index in [0.717, 1.165) is 16.9 Å². The number of thioether (sulfide) groups is 1. The van der Waals surface area contributed by atoms with Crippen molar-refractivity contribution in [3.63, 3.8) is 0 Å². The van der Waals surface area contributed by atoms with Crippen LogP contribution < -0.4 is 0 Å². The first-order chi connectivity index (χ1) is 16.6. The van der Waals surface area contributed by atoms with Crippen molar-refractivity contribution < 1.29 is 13.9 Å². The van der Waals surface area contributed by atoms with Crippen molar-refractivity contribution in [3.8, 4) is 17.1 Å². The summed E-state index contributed by atoms with van der Waals surface area (Å²) in [6.45, 7) is 2.06. The molecule has 0 fully saturated rings. The van der Waals surface area contributed by atoms with E-state index in [0.29, 0.717) is 22.2 Å². The Morgan fingerprint density at radius 1 is 1.03 bits per heavy atom. The minimum atomic E-state index is -0.408. The third-order valence-electron chi connectivity index (χ3n) is 5.19. The van der Waals surface area contributed by atoms with Crippen molar-refractivity contribution in [2.45, 2.75) is 18.7 Å². The maximum Gasteiger partial charge on any atom is 0.316 e. The van der Waals surface area contributed by atoms with Crippen LogP contribution >= 0.6 is 11.8 Å². The summed E-state index contributed by atoms with van der Waals surface area (Å²) in [5.41, 5.74) is 3.64. The van der Waals surface area contributed by atoms with Gasteiger partial charge in [-0.2, -0.15) is 0 Å². The molecule has 170 valence electrons. The number of halogens is 1. The van der Waals surface area contributed by atoms with Crippen molar-refractivity contribution in [1.82, 2.24) is 24.1 Å². The van der Waals surface area contributed by atoms with Crippen molar-refractivity contribution in [1.29, 1.82) is 0 Å². The molecule has 0 N–H and O–H groups in total. The van der Waals surface area contributed by atoms with Gasteiger partial charge in [0.05, 0.1) is 17.0 Å². The van der Waals surface area contributed by atoms with E-state index in [1.54, 1.807) is 22.8 Å². The number of hydrogen-bond acceptors (Lipinski definition) is 6. The number of aryl methyl sites for hydroxylation is 1. The third kappa shape index (κ3) is 4.42. The van der Waals surface area contributed by atoms with Crippen LogP contribution in [0.25, 0.3) is 22.7 Å². The third-order valence-corrected chi connectivity index (χ3v) is 6.09. The molecule has 0 atom stereocenters. The van der Waals surface area contributed by atoms with E-state index < -0.39 is 11.8 Å². The minimum absolute atomic E-state index is 0.0225. The average molecular weight is 474 g/mol. The molecular weight excluding hydrogens is 453 g/mol. The molecule has 0 saturated heterocycles. The monoisotopic (exact) mass is 473 g/mol. The number of aromatic nitrogens is 5. The molecule has 0 spiro atoms. The van der Waals surface area contributed by atoms with E-state index >= 15 is 0 Å². The number of hydrogen-bond donors (Lipinski definition) is 0. The summed E-state index contributed by atoms with van der Waals surface area (Å²) in [4.78, 5) is 17.0. The number of rotatable bonds is 7. The fraction of sp³-hybridized carbons (Fsp3) is 0.120. The molecule has 0 aliphatic carbocycles. The van der Waals surface area contributed by atoms with Gasteiger partial charge in [0.2, 0.25) is 0 Å². The molecule has 5 aromatic rings. The van der Waals surface area contributed by atoms with Crippen molar-refractivity contribution in [2.75, 3.05) is 5.75 Å². The van der Waals surface area contributed by atoms with Crippen LogP contribution in [0, 0.1) is 12.7 Å². The Morgan fingerprint density at radius 3 is 2.62 bits per heavy atom. The highest BCUT2D eigenvalue weighted by Gasteiger charge is 2.19. The number of para-hydroxylation sites is 1. The quantitative estimate of drug-likeness (QED) is 0.248. The second-order valence-electron chi connectivity index (χ2n) is 7.56. The highest BCUT2D eigenvalue weighted by Crippen LogP contribution is 2.29. The molecule has 34 heavy (non-hydrogen) atoms. The summed E-state index contributed by atoms with van der Waals surface area (Å²) in [7, 11) is 0. The van der Waals surface area contributed by atoms with Gasteiger partial charge in [-0.1, -0.05) is 48.2 Å². The number of pyridine rings is 1. The molecule has 0 radical (unpaired) electrons. The average Bonchev–Trinajstić information content (AvgIpc) is 3.47. The van der Waals surface area contributed by atoms with Crippen molar-refractivity contribution in [3.05, 3.63) is 96.2 Å². The molecule has 0 aliphatic rings. The number of ether oxygens (including phenoxy) is 1. The van der Waals surface area contributed by atoms with E-state index in [2.05, 4.69) is 15.2 Å². The van der Waals surface area contributed by atoms with Crippen molar-refractivity contribution in [2.24, 2.45) is 0 Å². The molecule has 3 aromatic heterocycles. The fourth-order valence-electron chi connectivity index (χ4n) is 3.58. The van der Waals surface area contributed by atoms with Crippen LogP contribution in [0.2, 0.25) is 0 Å². The smallest absolute Gasteiger partial charge is 0.316 e. The van der Waals surface area contributed by atoms with Crippen LogP contribution in [0.5, 0.6) is 0 Å². The summed E-state index contributed by atoms with van der Waals surface area (Å²) in [5, 5.41) is 8.90. The highest BCUT2D eigenvalue weighted by atomic mass is 32.2. The Hall–Kier alpha value is -3.98. The first-order valence-electron chi connectivity index (χ1n) is 10.6. The topological polar surface area (TPSA) is 74.3 Å². The number of nitrogens with zero attached hydrogens (tertiary/aromatic N) is 5. The molecule has 0 bridgehead atoms. The van der Waals surface area contributed by atoms with Crippen LogP contribution in [-0.4, -0.2) is 35.9 Å². The second-order valence-corrected chi connectivity index (χ2v) is 8.50. The second kappa shape index (κ2) is 9.48. The molecule has 0 amide bonds. The minimum Gasteiger partial charge on any atom is -0.458 e. The largest absolute Gasteiger partial charge is 0.458 e. The van der Waals surface area contributed by atoms with Gasteiger partial charge in [-0.3, -0.25) is 9.36 Å². The zero-order chi connectivity index (χ0) is 23.5. The van der Waals surface area contributed by atoms with Crippen molar-refractivity contribution >= 4 is 23.4 Å². The van der Waals surface area contributed by atoms with E-state index in [-0.39, 0.29) is 12.4 Å². The van der Waals surface area contributed by atoms with Crippen LogP contribution in [0.3, 0.4) is 0 Å². The van der Waals surface area contributed by atoms with E-state index in [9.17, 15) is 9.18 Å². The lowest BCUT2D eigenvalue weighted by molar-refractivity contribution is -0.141. The maximum atomic E-state index is 14.5. The van der Waals surface area contributed by atoms with Gasteiger partial charge >= 0.3 is 5.97 Å². The lowest BCUT2D eigenvalue weighted by Crippen LogP contribution is -2.09. The lowest BCUT2D eigenvalue weighted by Gasteiger charge is -2.10. The van der Waals surface area contributed by atoms with Crippen LogP contribution in [0.1, 0.15) is 11.3 Å². The molecule has 2 aromatic carbocycles. The van der Waals surface area contributed by atoms with Gasteiger partial charge < -0.3 is 9.14 Å². The predicted molar refractivity (Wildman–Crippen MR) is 127 cm³/mol. The molecule has 9 heteroatoms. The van der Waals surface area contributed by atoms with Crippen LogP contribution in [0.4, 0.5) is 4.39 Å². The SMILES string of the molecule is Cc1cccn2cc(COC(=O)CSc3nnc(-c4ccccc4F)n3-c3ccccc3)nc12. The summed E-state index contributed by atoms with van der Waals surface area (Å²) in [6, 6.07) is 19.7. The van der Waals surface area contributed by atoms with E-state index in [4.69, 9.17) is 4.74 Å². The highest BCUT2D eigenvalue weighted by molar-refractivity contribution is 7.99. The number of carbonyl (C=O) groups excluding carboxylic acids is 1. The number of carbonyl (C=O) groups is 1. The molecule has 3 heterocycles. The van der Waals surface area contributed by atoms with Crippen LogP contribution in [0.15, 0.2) is 84.3 Å². The normalized spacial score (nSPS) is 11.1. The molecule has 7 nitrogen and oxygen atoms in total. The standard InChI is InChI=1S/C25H20FN5O2S/c1-17-8-7-13-30-14-18(27-23(17)30)15-33-22(32)16-34-25-29-28-24(20-11-5-6-12-21(20)26)31(25)19-9-3-2-4-10-19/h2-14H,15-16H2,1H3. The van der Waals surface area contributed by atoms with Crippen LogP contribution in [-0.2, 0) is 16.1 Å². The Kier molecular flexibility index (Phi) is 6.09. The van der Waals surface area contributed by atoms with Gasteiger partial charge in [-0.25, -0.2) is 9.37 Å². The first kappa shape index (κ1) is 21.8. The first-order valence-corrected chi connectivity index (χ1v) is 11.6. The zero-order valence-corrected chi connectivity index (χ0v) is 19.1. The summed E-state index contributed by atoms with van der Waals surface area (Å²) in [6.07, 6.45) is 3.75. The van der Waals surface area contributed by atoms with E-state index in [1.807, 2.05) is 66.2 Å². The lowest BCUT2D eigenvalue weighted by atomic mass is 10.2. The number of benzene rings is 2. The van der Waals surface area contributed by atoms with Gasteiger partial charge in [-0.05, 0) is 42.8 Å². The van der Waals surface area contributed by atoms with Gasteiger partial charge in [0.25, 0.3) is 0 Å². The summed E-state index contributed by atoms with van der Waals surface area (Å²) >= 11 is 1.18. The number of fused-ring (bicyclic) bond motifs is 1. The Labute approximate surface area is 199 Å². The molecular formula is C25H20FN5O2S. The number of imidazole rings is 1. The predicted octanol–water partition coefficient (Wildman–Crippen LogP) is 4.87. The molecule has 0 saturated carbocycles. The Morgan fingerprint density at radius 2 is 1.82 bits per heavy atom. The maximum absolute atomic E-state index is 14.5. The van der Waals surface area contributed by atoms with Gasteiger partial charge in [0.1, 0.15) is 18.1 Å². The van der Waals surface area contributed by atoms with E-state index in [1.165, 1.54) is 17.8 Å². The molecule has 0 unspecified atom stereocenters. The Bertz CT molecular complexity index is 1460. The van der Waals surface area contributed by atoms with Gasteiger partial charge in [0, 0.05) is 18.1 Å².